The SMILES string of the molecule is NCC(=O)[C@@]1(CCCC(=O)c2ccc(Nc3noc(C(F)(F)F)n3)cc2)C(=O)N(CC(=O)O)CCN1C(=O)c1ccc(Nc2noc(C(F)(F)F)n2)cc1. The molecule has 0 aliphatic carbocycles. The molecular weight excluding hydrogens is 740 g/mol. The Kier molecular flexibility index (Phi) is 11.0. The molecule has 3 heterocycles. The van der Waals surface area contributed by atoms with Crippen molar-refractivity contribution in [2.24, 2.45) is 5.73 Å². The number of Topliss-reactive ketones (excluding diaryl/α,β-unsaturated/α-hetero) is 2. The van der Waals surface area contributed by atoms with E-state index < -0.39 is 90.4 Å². The smallest absolute Gasteiger partial charge is 0.471 e. The summed E-state index contributed by atoms with van der Waals surface area (Å²) >= 11 is 0. The summed E-state index contributed by atoms with van der Waals surface area (Å²) in [7, 11) is 0. The van der Waals surface area contributed by atoms with Crippen LogP contribution in [0.1, 0.15) is 51.8 Å². The molecule has 1 saturated heterocycles. The van der Waals surface area contributed by atoms with Crippen LogP contribution in [0.5, 0.6) is 0 Å². The lowest BCUT2D eigenvalue weighted by Crippen LogP contribution is -2.72. The molecular formula is C31H27F6N9O8. The third-order valence-electron chi connectivity index (χ3n) is 8.04. The number of carbonyl (C=O) groups is 5. The molecule has 0 unspecified atom stereocenters. The standard InChI is InChI=1S/C31H27F6N9O8/c32-30(33,34)24-41-27(43-53-24)39-18-7-3-16(4-8-18)20(47)2-1-11-29(21(48)14-38)26(52)45(15-22(49)50)12-13-46(29)23(51)17-5-9-19(10-6-17)40-28-42-25(54-44-28)31(35,36)37/h3-10H,1-2,11-15,38H2,(H,39,43)(H,40,44)(H,49,50)/t29-/m0/s1. The van der Waals surface area contributed by atoms with Crippen molar-refractivity contribution in [1.82, 2.24) is 30.1 Å². The maximum absolute atomic E-state index is 14.0. The van der Waals surface area contributed by atoms with Gasteiger partial charge in [0.2, 0.25) is 0 Å². The number of nitrogens with one attached hydrogen (secondary N) is 2. The Balaban J connectivity index is 1.32. The first-order valence-corrected chi connectivity index (χ1v) is 15.6. The average molecular weight is 768 g/mol. The number of piperazine rings is 1. The first-order chi connectivity index (χ1) is 25.4. The van der Waals surface area contributed by atoms with Gasteiger partial charge in [0.15, 0.2) is 17.1 Å². The predicted molar refractivity (Wildman–Crippen MR) is 168 cm³/mol. The molecule has 1 fully saturated rings. The van der Waals surface area contributed by atoms with Gasteiger partial charge in [-0.15, -0.1) is 0 Å². The van der Waals surface area contributed by atoms with E-state index in [4.69, 9.17) is 5.73 Å². The zero-order chi connectivity index (χ0) is 39.4. The van der Waals surface area contributed by atoms with Crippen LogP contribution in [0.15, 0.2) is 57.6 Å². The van der Waals surface area contributed by atoms with Crippen LogP contribution in [0.2, 0.25) is 0 Å². The number of nitrogens with two attached hydrogens (primary N) is 1. The summed E-state index contributed by atoms with van der Waals surface area (Å²) in [4.78, 5) is 74.4. The zero-order valence-electron chi connectivity index (χ0n) is 27.4. The first-order valence-electron chi connectivity index (χ1n) is 15.6. The highest BCUT2D eigenvalue weighted by Gasteiger charge is 2.56. The highest BCUT2D eigenvalue weighted by atomic mass is 19.4. The minimum Gasteiger partial charge on any atom is -0.480 e. The van der Waals surface area contributed by atoms with Gasteiger partial charge in [0.1, 0.15) is 6.54 Å². The number of rotatable bonds is 14. The topological polar surface area (TPSA) is 240 Å². The van der Waals surface area contributed by atoms with Crippen molar-refractivity contribution in [3.8, 4) is 0 Å². The fourth-order valence-corrected chi connectivity index (χ4v) is 5.58. The van der Waals surface area contributed by atoms with Gasteiger partial charge in [-0.25, -0.2) is 0 Å². The van der Waals surface area contributed by atoms with Crippen LogP contribution in [0.25, 0.3) is 0 Å². The number of alkyl halides is 6. The summed E-state index contributed by atoms with van der Waals surface area (Å²) in [5.74, 6) is -8.82. The molecule has 4 aromatic rings. The Morgan fingerprint density at radius 1 is 0.815 bits per heavy atom. The number of hydrogen-bond acceptors (Lipinski definition) is 14. The van der Waals surface area contributed by atoms with Crippen molar-refractivity contribution in [1.29, 1.82) is 0 Å². The molecule has 54 heavy (non-hydrogen) atoms. The van der Waals surface area contributed by atoms with Crippen molar-refractivity contribution >= 4 is 52.6 Å². The number of aromatic nitrogens is 4. The maximum atomic E-state index is 14.0. The van der Waals surface area contributed by atoms with Gasteiger partial charge in [-0.05, 0) is 71.7 Å². The van der Waals surface area contributed by atoms with Gasteiger partial charge in [-0.2, -0.15) is 36.3 Å². The normalized spacial score (nSPS) is 16.3. The van der Waals surface area contributed by atoms with Crippen LogP contribution in [-0.4, -0.2) is 96.3 Å². The first kappa shape index (κ1) is 38.8. The van der Waals surface area contributed by atoms with E-state index >= 15 is 0 Å². The lowest BCUT2D eigenvalue weighted by Gasteiger charge is -2.48. The maximum Gasteiger partial charge on any atom is 0.471 e. The van der Waals surface area contributed by atoms with Gasteiger partial charge in [0.25, 0.3) is 23.7 Å². The van der Waals surface area contributed by atoms with E-state index in [9.17, 15) is 55.4 Å². The van der Waals surface area contributed by atoms with Crippen LogP contribution in [0, 0.1) is 0 Å². The van der Waals surface area contributed by atoms with Gasteiger partial charge in [-0.3, -0.25) is 24.0 Å². The number of hydrogen-bond donors (Lipinski definition) is 4. The van der Waals surface area contributed by atoms with E-state index in [1.54, 1.807) is 0 Å². The predicted octanol–water partition coefficient (Wildman–Crippen LogP) is 3.67. The lowest BCUT2D eigenvalue weighted by atomic mass is 9.81. The Labute approximate surface area is 298 Å². The molecule has 2 amide bonds. The summed E-state index contributed by atoms with van der Waals surface area (Å²) in [6.45, 7) is -2.11. The van der Waals surface area contributed by atoms with Gasteiger partial charge >= 0.3 is 30.1 Å². The molecule has 23 heteroatoms. The van der Waals surface area contributed by atoms with Crippen molar-refractivity contribution in [3.05, 3.63) is 71.4 Å². The van der Waals surface area contributed by atoms with Gasteiger partial charge in [0.05, 0.1) is 6.54 Å². The highest BCUT2D eigenvalue weighted by Crippen LogP contribution is 2.34. The van der Waals surface area contributed by atoms with E-state index in [-0.39, 0.29) is 48.4 Å². The second kappa shape index (κ2) is 15.3. The number of carbonyl (C=O) groups excluding carboxylic acids is 4. The summed E-state index contributed by atoms with van der Waals surface area (Å²) in [6, 6.07) is 10.5. The Morgan fingerprint density at radius 3 is 1.76 bits per heavy atom. The number of aliphatic carboxylic acids is 1. The van der Waals surface area contributed by atoms with Crippen LogP contribution in [0.4, 0.5) is 49.6 Å². The molecule has 1 aliphatic rings. The average Bonchev–Trinajstić information content (AvgIpc) is 3.80. The molecule has 1 atom stereocenters. The number of carboxylic acid groups (broad SMARTS) is 1. The Hall–Kier alpha value is -6.39. The Morgan fingerprint density at radius 2 is 1.31 bits per heavy atom. The highest BCUT2D eigenvalue weighted by molar-refractivity contribution is 6.16. The largest absolute Gasteiger partial charge is 0.480 e. The number of amides is 2. The third kappa shape index (κ3) is 8.46. The second-order valence-electron chi connectivity index (χ2n) is 11.6. The zero-order valence-corrected chi connectivity index (χ0v) is 27.4. The number of halogens is 6. The van der Waals surface area contributed by atoms with E-state index in [0.29, 0.717) is 0 Å². The number of nitrogens with zero attached hydrogens (tertiary/aromatic N) is 6. The number of benzene rings is 2. The van der Waals surface area contributed by atoms with Crippen LogP contribution >= 0.6 is 0 Å². The molecule has 0 spiro atoms. The number of anilines is 4. The quantitative estimate of drug-likeness (QED) is 0.0813. The minimum atomic E-state index is -4.88. The molecule has 0 bridgehead atoms. The molecule has 5 rings (SSSR count). The van der Waals surface area contributed by atoms with Crippen molar-refractivity contribution in [2.75, 3.05) is 36.8 Å². The van der Waals surface area contributed by atoms with Gasteiger partial charge < -0.3 is 40.3 Å². The second-order valence-corrected chi connectivity index (χ2v) is 11.6. The molecule has 2 aromatic carbocycles. The fourth-order valence-electron chi connectivity index (χ4n) is 5.58. The summed E-state index contributed by atoms with van der Waals surface area (Å²) in [5.41, 5.74) is 3.82. The van der Waals surface area contributed by atoms with Crippen LogP contribution in [0.3, 0.4) is 0 Å². The van der Waals surface area contributed by atoms with E-state index in [0.717, 1.165) is 9.80 Å². The van der Waals surface area contributed by atoms with Crippen LogP contribution < -0.4 is 16.4 Å². The van der Waals surface area contributed by atoms with Crippen molar-refractivity contribution in [3.63, 3.8) is 0 Å². The summed E-state index contributed by atoms with van der Waals surface area (Å²) in [5, 5.41) is 20.8. The molecule has 0 saturated carbocycles. The molecule has 286 valence electrons. The van der Waals surface area contributed by atoms with Gasteiger partial charge in [-0.1, -0.05) is 0 Å². The molecule has 0 radical (unpaired) electrons. The molecule has 5 N–H and O–H groups in total. The third-order valence-corrected chi connectivity index (χ3v) is 8.04. The monoisotopic (exact) mass is 767 g/mol. The van der Waals surface area contributed by atoms with E-state index in [2.05, 4.69) is 40.0 Å². The minimum absolute atomic E-state index is 0.0708. The number of ketones is 2. The van der Waals surface area contributed by atoms with E-state index in [1.807, 2.05) is 0 Å². The van der Waals surface area contributed by atoms with Crippen molar-refractivity contribution in [2.45, 2.75) is 37.2 Å². The Bertz CT molecular complexity index is 2030. The van der Waals surface area contributed by atoms with Crippen molar-refractivity contribution < 1.29 is 64.5 Å². The molecule has 1 aliphatic heterocycles. The molecule has 2 aromatic heterocycles. The van der Waals surface area contributed by atoms with Crippen LogP contribution in [-0.2, 0) is 26.7 Å². The van der Waals surface area contributed by atoms with Gasteiger partial charge in [0, 0.05) is 42.0 Å². The fraction of sp³-hybridized carbons (Fsp3) is 0.323. The summed E-state index contributed by atoms with van der Waals surface area (Å²) < 4.78 is 85.0. The summed E-state index contributed by atoms with van der Waals surface area (Å²) in [6.07, 6.45) is -10.6. The molecule has 17 nitrogen and oxygen atoms in total. The van der Waals surface area contributed by atoms with E-state index in [1.165, 1.54) is 48.5 Å². The number of carboxylic acids is 1. The lowest BCUT2D eigenvalue weighted by molar-refractivity contribution is -0.160.